The van der Waals surface area contributed by atoms with Crippen molar-refractivity contribution in [3.63, 3.8) is 0 Å². The Morgan fingerprint density at radius 3 is 2.64 bits per heavy atom. The third-order valence-corrected chi connectivity index (χ3v) is 10.0. The number of carbonyl (C=O) groups is 1. The largest absolute Gasteiger partial charge is 0.494 e. The minimum absolute atomic E-state index is 0.00971. The number of rotatable bonds is 7. The highest BCUT2D eigenvalue weighted by atomic mass is 35.5. The summed E-state index contributed by atoms with van der Waals surface area (Å²) in [5.74, 6) is -2.22. The zero-order valence-electron chi connectivity index (χ0n) is 20.7. The molecule has 0 spiro atoms. The Labute approximate surface area is 232 Å². The monoisotopic (exact) mass is 592 g/mol. The number of pyridine rings is 1. The predicted molar refractivity (Wildman–Crippen MR) is 144 cm³/mol. The van der Waals surface area contributed by atoms with Gasteiger partial charge in [-0.3, -0.25) is 14.7 Å². The van der Waals surface area contributed by atoms with Gasteiger partial charge in [0.25, 0.3) is 0 Å². The molecule has 1 fully saturated rings. The Morgan fingerprint density at radius 2 is 1.97 bits per heavy atom. The predicted octanol–water partition coefficient (Wildman–Crippen LogP) is 5.27. The fraction of sp³-hybridized carbons (Fsp3) is 0.269. The normalized spacial score (nSPS) is 15.0. The SMILES string of the molecule is COc1ccc(Cl)c2sc(N(Cc3cccnc3)C(=O)C3CCN(S(=O)(=O)c4ccc(F)cc4F)CC3)nc12. The summed E-state index contributed by atoms with van der Waals surface area (Å²) in [6.45, 7) is 0.220. The molecule has 0 unspecified atom stereocenters. The molecule has 1 aliphatic heterocycles. The van der Waals surface area contributed by atoms with Gasteiger partial charge in [-0.2, -0.15) is 4.31 Å². The first kappa shape index (κ1) is 27.4. The van der Waals surface area contributed by atoms with E-state index in [1.807, 2.05) is 6.07 Å². The van der Waals surface area contributed by atoms with Crippen molar-refractivity contribution in [3.8, 4) is 5.75 Å². The van der Waals surface area contributed by atoms with E-state index in [2.05, 4.69) is 9.97 Å². The van der Waals surface area contributed by atoms with Crippen LogP contribution in [-0.2, 0) is 21.4 Å². The molecule has 0 saturated carbocycles. The van der Waals surface area contributed by atoms with E-state index in [0.29, 0.717) is 32.2 Å². The van der Waals surface area contributed by atoms with Gasteiger partial charge in [0.05, 0.1) is 23.4 Å². The summed E-state index contributed by atoms with van der Waals surface area (Å²) in [5.41, 5.74) is 1.33. The number of benzene rings is 2. The molecule has 2 aromatic heterocycles. The van der Waals surface area contributed by atoms with Crippen molar-refractivity contribution in [2.45, 2.75) is 24.3 Å². The van der Waals surface area contributed by atoms with Crippen molar-refractivity contribution in [2.24, 2.45) is 5.92 Å². The molecule has 1 aliphatic rings. The maximum Gasteiger partial charge on any atom is 0.245 e. The summed E-state index contributed by atoms with van der Waals surface area (Å²) in [6, 6.07) is 9.40. The van der Waals surface area contributed by atoms with Crippen LogP contribution in [-0.4, -0.2) is 48.8 Å². The van der Waals surface area contributed by atoms with E-state index >= 15 is 0 Å². The van der Waals surface area contributed by atoms with Gasteiger partial charge in [0.2, 0.25) is 15.9 Å². The molecule has 0 aliphatic carbocycles. The van der Waals surface area contributed by atoms with E-state index in [-0.39, 0.29) is 38.4 Å². The second kappa shape index (κ2) is 11.1. The van der Waals surface area contributed by atoms with E-state index in [4.69, 9.17) is 16.3 Å². The molecule has 3 heterocycles. The van der Waals surface area contributed by atoms with Crippen LogP contribution in [0.3, 0.4) is 0 Å². The second-order valence-corrected chi connectivity index (χ2v) is 12.3. The van der Waals surface area contributed by atoms with Gasteiger partial charge in [-0.25, -0.2) is 22.2 Å². The number of piperidine rings is 1. The molecule has 0 N–H and O–H groups in total. The molecule has 1 amide bonds. The number of fused-ring (bicyclic) bond motifs is 1. The first-order valence-electron chi connectivity index (χ1n) is 12.0. The first-order chi connectivity index (χ1) is 18.7. The molecule has 4 aromatic rings. The fourth-order valence-electron chi connectivity index (χ4n) is 4.52. The van der Waals surface area contributed by atoms with Crippen molar-refractivity contribution in [1.29, 1.82) is 0 Å². The van der Waals surface area contributed by atoms with Crippen LogP contribution in [0.5, 0.6) is 5.75 Å². The van der Waals surface area contributed by atoms with E-state index in [9.17, 15) is 22.0 Å². The number of nitrogens with zero attached hydrogens (tertiary/aromatic N) is 4. The molecule has 0 radical (unpaired) electrons. The average Bonchev–Trinajstić information content (AvgIpc) is 3.38. The quantitative estimate of drug-likeness (QED) is 0.290. The lowest BCUT2D eigenvalue weighted by Gasteiger charge is -2.33. The van der Waals surface area contributed by atoms with Crippen LogP contribution in [0, 0.1) is 17.6 Å². The third kappa shape index (κ3) is 5.46. The van der Waals surface area contributed by atoms with Gasteiger partial charge in [0.15, 0.2) is 5.13 Å². The van der Waals surface area contributed by atoms with E-state index in [1.54, 1.807) is 35.5 Å². The van der Waals surface area contributed by atoms with Crippen molar-refractivity contribution in [2.75, 3.05) is 25.1 Å². The van der Waals surface area contributed by atoms with Crippen LogP contribution in [0.15, 0.2) is 59.8 Å². The molecule has 13 heteroatoms. The summed E-state index contributed by atoms with van der Waals surface area (Å²) >= 11 is 7.67. The lowest BCUT2D eigenvalue weighted by molar-refractivity contribution is -0.123. The number of thiazole rings is 1. The summed E-state index contributed by atoms with van der Waals surface area (Å²) in [7, 11) is -2.66. The highest BCUT2D eigenvalue weighted by Crippen LogP contribution is 2.40. The summed E-state index contributed by atoms with van der Waals surface area (Å²) in [6.07, 6.45) is 3.74. The number of hydrogen-bond acceptors (Lipinski definition) is 7. The lowest BCUT2D eigenvalue weighted by atomic mass is 9.96. The summed E-state index contributed by atoms with van der Waals surface area (Å²) in [5, 5.41) is 0.906. The highest BCUT2D eigenvalue weighted by Gasteiger charge is 2.36. The standard InChI is InChI=1S/C26H23ClF2N4O4S2/c1-37-21-6-5-19(27)24-23(21)31-26(38-24)33(15-16-3-2-10-30-14-16)25(34)17-8-11-32(12-9-17)39(35,36)22-7-4-18(28)13-20(22)29/h2-7,10,13-14,17H,8-9,11-12,15H2,1H3. The maximum atomic E-state index is 14.2. The molecular weight excluding hydrogens is 570 g/mol. The Balaban J connectivity index is 1.41. The molecule has 2 aromatic carbocycles. The Kier molecular flexibility index (Phi) is 7.81. The zero-order chi connectivity index (χ0) is 27.7. The molecule has 0 atom stereocenters. The van der Waals surface area contributed by atoms with E-state index < -0.39 is 32.5 Å². The number of hydrogen-bond donors (Lipinski definition) is 0. The number of amides is 1. The van der Waals surface area contributed by atoms with Crippen molar-refractivity contribution in [3.05, 3.63) is 77.1 Å². The average molecular weight is 593 g/mol. The Bertz CT molecular complexity index is 1630. The molecule has 5 rings (SSSR count). The Hall–Kier alpha value is -3.19. The zero-order valence-corrected chi connectivity index (χ0v) is 23.1. The number of aromatic nitrogens is 2. The van der Waals surface area contributed by atoms with Crippen molar-refractivity contribution >= 4 is 54.2 Å². The van der Waals surface area contributed by atoms with Crippen LogP contribution in [0.25, 0.3) is 10.2 Å². The number of carbonyl (C=O) groups excluding carboxylic acids is 1. The minimum Gasteiger partial charge on any atom is -0.494 e. The van der Waals surface area contributed by atoms with Gasteiger partial charge in [-0.1, -0.05) is 29.0 Å². The van der Waals surface area contributed by atoms with Gasteiger partial charge in [-0.05, 0) is 48.7 Å². The van der Waals surface area contributed by atoms with Crippen LogP contribution in [0.4, 0.5) is 13.9 Å². The molecule has 8 nitrogen and oxygen atoms in total. The topological polar surface area (TPSA) is 92.7 Å². The second-order valence-electron chi connectivity index (χ2n) is 8.96. The van der Waals surface area contributed by atoms with Crippen LogP contribution >= 0.6 is 22.9 Å². The van der Waals surface area contributed by atoms with Gasteiger partial charge < -0.3 is 4.74 Å². The van der Waals surface area contributed by atoms with Crippen molar-refractivity contribution < 1.29 is 26.7 Å². The molecular formula is C26H23ClF2N4O4S2. The van der Waals surface area contributed by atoms with E-state index in [1.165, 1.54) is 18.4 Å². The van der Waals surface area contributed by atoms with E-state index in [0.717, 1.165) is 22.0 Å². The number of sulfonamides is 1. The Morgan fingerprint density at radius 1 is 1.21 bits per heavy atom. The molecule has 39 heavy (non-hydrogen) atoms. The van der Waals surface area contributed by atoms with Crippen LogP contribution < -0.4 is 9.64 Å². The third-order valence-electron chi connectivity index (χ3n) is 6.54. The highest BCUT2D eigenvalue weighted by molar-refractivity contribution is 7.89. The minimum atomic E-state index is -4.19. The van der Waals surface area contributed by atoms with Crippen LogP contribution in [0.2, 0.25) is 5.02 Å². The fourth-order valence-corrected chi connectivity index (χ4v) is 7.30. The molecule has 0 bridgehead atoms. The first-order valence-corrected chi connectivity index (χ1v) is 14.6. The van der Waals surface area contributed by atoms with Gasteiger partial charge in [-0.15, -0.1) is 0 Å². The summed E-state index contributed by atoms with van der Waals surface area (Å²) in [4.78, 5) is 23.7. The number of anilines is 1. The van der Waals surface area contributed by atoms with Crippen LogP contribution in [0.1, 0.15) is 18.4 Å². The number of ether oxygens (including phenoxy) is 1. The van der Waals surface area contributed by atoms with Gasteiger partial charge >= 0.3 is 0 Å². The summed E-state index contributed by atoms with van der Waals surface area (Å²) < 4.78 is 60.8. The van der Waals surface area contributed by atoms with Gasteiger partial charge in [0.1, 0.15) is 27.8 Å². The molecule has 204 valence electrons. The molecule has 1 saturated heterocycles. The number of halogens is 3. The smallest absolute Gasteiger partial charge is 0.245 e. The maximum absolute atomic E-state index is 14.2. The number of methoxy groups -OCH3 is 1. The van der Waals surface area contributed by atoms with Gasteiger partial charge in [0, 0.05) is 37.5 Å². The van der Waals surface area contributed by atoms with Crippen molar-refractivity contribution in [1.82, 2.24) is 14.3 Å². The lowest BCUT2D eigenvalue weighted by Crippen LogP contribution is -2.44.